The molecule has 2 aromatic rings. The van der Waals surface area contributed by atoms with Crippen molar-refractivity contribution in [3.63, 3.8) is 0 Å². The minimum atomic E-state index is -0.434. The highest BCUT2D eigenvalue weighted by Gasteiger charge is 2.38. The summed E-state index contributed by atoms with van der Waals surface area (Å²) in [4.78, 5) is 10.8. The molecule has 0 amide bonds. The Hall–Kier alpha value is -2.79. The van der Waals surface area contributed by atoms with E-state index in [1.165, 1.54) is 5.56 Å². The summed E-state index contributed by atoms with van der Waals surface area (Å²) in [5, 5.41) is 15.0. The Morgan fingerprint density at radius 3 is 2.96 bits per heavy atom. The first kappa shape index (κ1) is 17.6. The molecule has 1 N–H and O–H groups in total. The summed E-state index contributed by atoms with van der Waals surface area (Å²) in [7, 11) is 0. The molecule has 0 aromatic heterocycles. The summed E-state index contributed by atoms with van der Waals surface area (Å²) in [5.74, 6) is 1.34. The quantitative estimate of drug-likeness (QED) is 0.413. The highest BCUT2D eigenvalue weighted by molar-refractivity contribution is 6.32. The van der Waals surface area contributed by atoms with Crippen LogP contribution in [0.3, 0.4) is 0 Å². The maximum absolute atomic E-state index is 11.3. The van der Waals surface area contributed by atoms with Crippen molar-refractivity contribution in [3.8, 4) is 5.75 Å². The van der Waals surface area contributed by atoms with Crippen molar-refractivity contribution in [1.82, 2.24) is 0 Å². The molecule has 3 unspecified atom stereocenters. The lowest BCUT2D eigenvalue weighted by Crippen LogP contribution is -2.29. The molecule has 0 radical (unpaired) electrons. The molecule has 138 valence electrons. The van der Waals surface area contributed by atoms with E-state index in [0.29, 0.717) is 6.61 Å². The van der Waals surface area contributed by atoms with Crippen molar-refractivity contribution < 1.29 is 9.66 Å². The fraction of sp³-hybridized carbons (Fsp3) is 0.238. The average Bonchev–Trinajstić information content (AvgIpc) is 3.16. The highest BCUT2D eigenvalue weighted by atomic mass is 35.5. The predicted molar refractivity (Wildman–Crippen MR) is 107 cm³/mol. The zero-order valence-corrected chi connectivity index (χ0v) is 15.4. The largest absolute Gasteiger partial charge is 0.490 e. The van der Waals surface area contributed by atoms with Crippen LogP contribution in [0.15, 0.2) is 61.2 Å². The van der Waals surface area contributed by atoms with E-state index in [1.807, 2.05) is 18.2 Å². The van der Waals surface area contributed by atoms with Gasteiger partial charge in [-0.3, -0.25) is 10.1 Å². The van der Waals surface area contributed by atoms with Gasteiger partial charge in [-0.15, -0.1) is 0 Å². The molecule has 27 heavy (non-hydrogen) atoms. The van der Waals surface area contributed by atoms with Gasteiger partial charge in [-0.05, 0) is 47.7 Å². The number of allylic oxidation sites excluding steroid dienone is 2. The normalized spacial score (nSPS) is 22.5. The molecular formula is C21H19ClN2O3. The number of nitrogens with zero attached hydrogens (tertiary/aromatic N) is 1. The predicted octanol–water partition coefficient (Wildman–Crippen LogP) is 5.64. The zero-order chi connectivity index (χ0) is 19.0. The van der Waals surface area contributed by atoms with Gasteiger partial charge in [0.1, 0.15) is 17.4 Å². The number of nitrogens with one attached hydrogen (secondary N) is 1. The molecular weight excluding hydrogens is 364 g/mol. The Morgan fingerprint density at radius 1 is 1.33 bits per heavy atom. The van der Waals surface area contributed by atoms with Crippen LogP contribution >= 0.6 is 11.6 Å². The maximum atomic E-state index is 11.3. The zero-order valence-electron chi connectivity index (χ0n) is 14.6. The number of hydrogen-bond donors (Lipinski definition) is 1. The van der Waals surface area contributed by atoms with Gasteiger partial charge >= 0.3 is 0 Å². The second-order valence-corrected chi connectivity index (χ2v) is 7.20. The minimum Gasteiger partial charge on any atom is -0.490 e. The van der Waals surface area contributed by atoms with Crippen LogP contribution < -0.4 is 10.1 Å². The Balaban J connectivity index is 1.71. The third kappa shape index (κ3) is 3.19. The van der Waals surface area contributed by atoms with Gasteiger partial charge in [-0.25, -0.2) is 0 Å². The van der Waals surface area contributed by atoms with E-state index < -0.39 is 4.92 Å². The molecule has 0 spiro atoms. The molecule has 1 heterocycles. The first-order chi connectivity index (χ1) is 13.1. The minimum absolute atomic E-state index is 0.0200. The Morgan fingerprint density at radius 2 is 2.19 bits per heavy atom. The summed E-state index contributed by atoms with van der Waals surface area (Å²) in [6, 6.07) is 11.0. The third-order valence-corrected chi connectivity index (χ3v) is 5.55. The van der Waals surface area contributed by atoms with Crippen molar-refractivity contribution >= 4 is 23.0 Å². The number of fused-ring (bicyclic) bond motifs is 3. The topological polar surface area (TPSA) is 64.4 Å². The van der Waals surface area contributed by atoms with Crippen LogP contribution in [0.1, 0.15) is 29.5 Å². The van der Waals surface area contributed by atoms with Gasteiger partial charge in [0.25, 0.3) is 5.69 Å². The lowest BCUT2D eigenvalue weighted by molar-refractivity contribution is -0.384. The van der Waals surface area contributed by atoms with E-state index in [4.69, 9.17) is 16.3 Å². The molecule has 6 heteroatoms. The monoisotopic (exact) mass is 382 g/mol. The second kappa shape index (κ2) is 7.08. The first-order valence-corrected chi connectivity index (χ1v) is 9.21. The van der Waals surface area contributed by atoms with Gasteiger partial charge in [-0.2, -0.15) is 0 Å². The highest BCUT2D eigenvalue weighted by Crippen LogP contribution is 2.51. The van der Waals surface area contributed by atoms with Crippen molar-refractivity contribution in [2.45, 2.75) is 18.4 Å². The number of rotatable bonds is 5. The first-order valence-electron chi connectivity index (χ1n) is 8.83. The summed E-state index contributed by atoms with van der Waals surface area (Å²) < 4.78 is 5.68. The van der Waals surface area contributed by atoms with E-state index in [2.05, 4.69) is 30.1 Å². The number of hydrogen-bond acceptors (Lipinski definition) is 4. The van der Waals surface area contributed by atoms with Crippen LogP contribution in [-0.2, 0) is 0 Å². The molecule has 2 aromatic carbocycles. The molecule has 3 atom stereocenters. The SMILES string of the molecule is C=CCOc1ccc2c(c1)C1C=CCC1C(c1ccc(Cl)c([N+](=O)[O-])c1)N2. The van der Waals surface area contributed by atoms with Crippen LogP contribution in [0.2, 0.25) is 5.02 Å². The molecule has 1 aliphatic carbocycles. The molecule has 0 fully saturated rings. The van der Waals surface area contributed by atoms with E-state index in [9.17, 15) is 10.1 Å². The number of nitro groups is 1. The maximum Gasteiger partial charge on any atom is 0.288 e. The van der Waals surface area contributed by atoms with Crippen molar-refractivity contribution in [1.29, 1.82) is 0 Å². The van der Waals surface area contributed by atoms with Gasteiger partial charge in [0, 0.05) is 17.7 Å². The summed E-state index contributed by atoms with van der Waals surface area (Å²) >= 11 is 5.99. The molecule has 0 bridgehead atoms. The molecule has 1 aliphatic heterocycles. The van der Waals surface area contributed by atoms with Crippen molar-refractivity contribution in [3.05, 3.63) is 87.5 Å². The molecule has 4 rings (SSSR count). The molecule has 5 nitrogen and oxygen atoms in total. The fourth-order valence-corrected chi connectivity index (χ4v) is 4.20. The average molecular weight is 383 g/mol. The van der Waals surface area contributed by atoms with Crippen LogP contribution in [0.25, 0.3) is 0 Å². The lowest BCUT2D eigenvalue weighted by Gasteiger charge is -2.37. The summed E-state index contributed by atoms with van der Waals surface area (Å²) in [6.07, 6.45) is 7.04. The molecule has 0 saturated carbocycles. The van der Waals surface area contributed by atoms with E-state index >= 15 is 0 Å². The Labute approximate surface area is 162 Å². The van der Waals surface area contributed by atoms with Crippen LogP contribution in [-0.4, -0.2) is 11.5 Å². The van der Waals surface area contributed by atoms with E-state index in [1.54, 1.807) is 18.2 Å². The Kier molecular flexibility index (Phi) is 4.62. The second-order valence-electron chi connectivity index (χ2n) is 6.79. The van der Waals surface area contributed by atoms with Gasteiger partial charge in [0.05, 0.1) is 11.0 Å². The van der Waals surface area contributed by atoms with Gasteiger partial charge in [0.2, 0.25) is 0 Å². The lowest BCUT2D eigenvalue weighted by atomic mass is 9.77. The smallest absolute Gasteiger partial charge is 0.288 e. The molecule has 0 saturated heterocycles. The number of benzene rings is 2. The fourth-order valence-electron chi connectivity index (χ4n) is 4.01. The van der Waals surface area contributed by atoms with E-state index in [-0.39, 0.29) is 28.6 Å². The number of nitro benzene ring substituents is 1. The van der Waals surface area contributed by atoms with Crippen molar-refractivity contribution in [2.24, 2.45) is 5.92 Å². The van der Waals surface area contributed by atoms with Crippen LogP contribution in [0.5, 0.6) is 5.75 Å². The van der Waals surface area contributed by atoms with Gasteiger partial charge < -0.3 is 10.1 Å². The van der Waals surface area contributed by atoms with Crippen LogP contribution in [0, 0.1) is 16.0 Å². The summed E-state index contributed by atoms with van der Waals surface area (Å²) in [6.45, 7) is 4.15. The van der Waals surface area contributed by atoms with Gasteiger partial charge in [-0.1, -0.05) is 42.5 Å². The molecule has 2 aliphatic rings. The number of halogens is 1. The number of ether oxygens (including phenoxy) is 1. The van der Waals surface area contributed by atoms with Gasteiger partial charge in [0.15, 0.2) is 0 Å². The standard InChI is InChI=1S/C21H19ClN2O3/c1-2-10-27-14-7-9-19-17(12-14)15-4-3-5-16(15)21(23-19)13-6-8-18(22)20(11-13)24(25)26/h2-4,6-9,11-12,15-16,21,23H,1,5,10H2. The number of anilines is 1. The summed E-state index contributed by atoms with van der Waals surface area (Å²) in [5.41, 5.74) is 3.03. The third-order valence-electron chi connectivity index (χ3n) is 5.23. The van der Waals surface area contributed by atoms with Crippen molar-refractivity contribution in [2.75, 3.05) is 11.9 Å². The van der Waals surface area contributed by atoms with Crippen LogP contribution in [0.4, 0.5) is 11.4 Å². The van der Waals surface area contributed by atoms with E-state index in [0.717, 1.165) is 23.4 Å². The Bertz CT molecular complexity index is 941.